The molecule has 1 rings (SSSR count). The lowest BCUT2D eigenvalue weighted by Crippen LogP contribution is -2.45. The third kappa shape index (κ3) is 5.95. The van der Waals surface area contributed by atoms with Crippen LogP contribution in [0.4, 0.5) is 4.79 Å². The molecule has 0 aliphatic carbocycles. The van der Waals surface area contributed by atoms with E-state index in [1.807, 2.05) is 23.8 Å². The summed E-state index contributed by atoms with van der Waals surface area (Å²) in [6.45, 7) is 2.49. The predicted octanol–water partition coefficient (Wildman–Crippen LogP) is 1.66. The maximum absolute atomic E-state index is 11.5. The number of carbonyl (C=O) groups is 1. The van der Waals surface area contributed by atoms with Gasteiger partial charge in [-0.25, -0.2) is 4.79 Å². The van der Waals surface area contributed by atoms with Gasteiger partial charge < -0.3 is 15.7 Å². The second-order valence-corrected chi connectivity index (χ2v) is 5.94. The Labute approximate surface area is 110 Å². The Balaban J connectivity index is 2.21. The summed E-state index contributed by atoms with van der Waals surface area (Å²) >= 11 is 3.15. The van der Waals surface area contributed by atoms with Crippen LogP contribution in [-0.2, 0) is 6.54 Å². The van der Waals surface area contributed by atoms with Crippen molar-refractivity contribution in [3.05, 3.63) is 22.4 Å². The number of urea groups is 1. The summed E-state index contributed by atoms with van der Waals surface area (Å²) in [5.74, 6) is 0.595. The fraction of sp³-hybridized carbons (Fsp3) is 0.545. The molecule has 2 amide bonds. The van der Waals surface area contributed by atoms with Crippen molar-refractivity contribution >= 4 is 29.1 Å². The Morgan fingerprint density at radius 1 is 1.59 bits per heavy atom. The molecule has 1 atom stereocenters. The number of carbonyl (C=O) groups excluding carboxylic acids is 1. The van der Waals surface area contributed by atoms with E-state index in [2.05, 4.69) is 10.6 Å². The molecule has 96 valence electrons. The lowest BCUT2D eigenvalue weighted by Gasteiger charge is -2.22. The van der Waals surface area contributed by atoms with E-state index in [0.29, 0.717) is 12.3 Å². The van der Waals surface area contributed by atoms with Crippen LogP contribution in [0.15, 0.2) is 17.5 Å². The molecule has 1 unspecified atom stereocenters. The molecule has 0 bridgehead atoms. The zero-order valence-electron chi connectivity index (χ0n) is 10.0. The molecular formula is C11H18N2O2S2. The monoisotopic (exact) mass is 274 g/mol. The SMILES string of the molecule is CSCC(C)(O)CNC(=O)NCc1cccs1. The van der Waals surface area contributed by atoms with Crippen LogP contribution >= 0.6 is 23.1 Å². The summed E-state index contributed by atoms with van der Waals surface area (Å²) < 4.78 is 0. The molecule has 1 aromatic rings. The van der Waals surface area contributed by atoms with E-state index in [1.165, 1.54) is 0 Å². The van der Waals surface area contributed by atoms with Gasteiger partial charge in [0, 0.05) is 17.2 Å². The Morgan fingerprint density at radius 3 is 2.94 bits per heavy atom. The highest BCUT2D eigenvalue weighted by Gasteiger charge is 2.20. The second-order valence-electron chi connectivity index (χ2n) is 4.05. The number of rotatable bonds is 6. The predicted molar refractivity (Wildman–Crippen MR) is 73.6 cm³/mol. The summed E-state index contributed by atoms with van der Waals surface area (Å²) in [6, 6.07) is 3.66. The maximum Gasteiger partial charge on any atom is 0.315 e. The van der Waals surface area contributed by atoms with E-state index in [-0.39, 0.29) is 12.6 Å². The molecule has 0 saturated heterocycles. The van der Waals surface area contributed by atoms with Gasteiger partial charge in [0.05, 0.1) is 12.1 Å². The molecule has 1 aromatic heterocycles. The van der Waals surface area contributed by atoms with E-state index in [0.717, 1.165) is 4.88 Å². The zero-order valence-corrected chi connectivity index (χ0v) is 11.7. The van der Waals surface area contributed by atoms with Crippen LogP contribution in [-0.4, -0.2) is 35.3 Å². The van der Waals surface area contributed by atoms with Gasteiger partial charge in [0.25, 0.3) is 0 Å². The van der Waals surface area contributed by atoms with Crippen LogP contribution in [0.5, 0.6) is 0 Å². The van der Waals surface area contributed by atoms with Gasteiger partial charge in [-0.05, 0) is 24.6 Å². The van der Waals surface area contributed by atoms with Crippen LogP contribution in [0, 0.1) is 0 Å². The molecule has 6 heteroatoms. The first-order valence-electron chi connectivity index (χ1n) is 5.29. The van der Waals surface area contributed by atoms with E-state index in [9.17, 15) is 9.90 Å². The fourth-order valence-electron chi connectivity index (χ4n) is 1.28. The summed E-state index contributed by atoms with van der Waals surface area (Å²) in [4.78, 5) is 12.6. The largest absolute Gasteiger partial charge is 0.387 e. The zero-order chi connectivity index (χ0) is 12.7. The van der Waals surface area contributed by atoms with Crippen LogP contribution in [0.3, 0.4) is 0 Å². The van der Waals surface area contributed by atoms with Gasteiger partial charge in [-0.3, -0.25) is 0 Å². The first-order chi connectivity index (χ1) is 8.03. The third-order valence-electron chi connectivity index (χ3n) is 2.09. The van der Waals surface area contributed by atoms with E-state index in [4.69, 9.17) is 0 Å². The van der Waals surface area contributed by atoms with Crippen LogP contribution in [0.2, 0.25) is 0 Å². The molecule has 17 heavy (non-hydrogen) atoms. The molecular weight excluding hydrogens is 256 g/mol. The van der Waals surface area contributed by atoms with E-state index in [1.54, 1.807) is 30.0 Å². The normalized spacial score (nSPS) is 14.1. The second kappa shape index (κ2) is 6.88. The molecule has 0 aliphatic heterocycles. The van der Waals surface area contributed by atoms with Crippen molar-refractivity contribution in [1.29, 1.82) is 0 Å². The summed E-state index contributed by atoms with van der Waals surface area (Å²) in [5, 5.41) is 17.2. The molecule has 4 nitrogen and oxygen atoms in total. The standard InChI is InChI=1S/C11H18N2O2S2/c1-11(15,8-16-2)7-13-10(14)12-6-9-4-3-5-17-9/h3-5,15H,6-8H2,1-2H3,(H2,12,13,14). The Morgan fingerprint density at radius 2 is 2.35 bits per heavy atom. The molecule has 1 heterocycles. The van der Waals surface area contributed by atoms with Crippen LogP contribution in [0.1, 0.15) is 11.8 Å². The Kier molecular flexibility index (Phi) is 5.80. The van der Waals surface area contributed by atoms with Crippen molar-refractivity contribution in [2.45, 2.75) is 19.1 Å². The Bertz CT molecular complexity index is 339. The summed E-state index contributed by atoms with van der Waals surface area (Å²) in [7, 11) is 0. The molecule has 0 aromatic carbocycles. The van der Waals surface area contributed by atoms with Gasteiger partial charge >= 0.3 is 6.03 Å². The molecule has 0 aliphatic rings. The van der Waals surface area contributed by atoms with Crippen molar-refractivity contribution in [3.8, 4) is 0 Å². The molecule has 0 spiro atoms. The van der Waals surface area contributed by atoms with Crippen molar-refractivity contribution in [3.63, 3.8) is 0 Å². The smallest absolute Gasteiger partial charge is 0.315 e. The van der Waals surface area contributed by atoms with Gasteiger partial charge in [-0.2, -0.15) is 11.8 Å². The highest BCUT2D eigenvalue weighted by molar-refractivity contribution is 7.98. The van der Waals surface area contributed by atoms with Gasteiger partial charge in [0.2, 0.25) is 0 Å². The molecule has 0 saturated carbocycles. The van der Waals surface area contributed by atoms with Crippen molar-refractivity contribution in [2.24, 2.45) is 0 Å². The van der Waals surface area contributed by atoms with E-state index < -0.39 is 5.60 Å². The van der Waals surface area contributed by atoms with E-state index >= 15 is 0 Å². The Hall–Kier alpha value is -0.720. The van der Waals surface area contributed by atoms with Crippen LogP contribution in [0.25, 0.3) is 0 Å². The number of nitrogens with one attached hydrogen (secondary N) is 2. The third-order valence-corrected chi connectivity index (χ3v) is 3.88. The first kappa shape index (κ1) is 14.3. The minimum atomic E-state index is -0.861. The lowest BCUT2D eigenvalue weighted by molar-refractivity contribution is 0.0869. The highest BCUT2D eigenvalue weighted by Crippen LogP contribution is 2.09. The van der Waals surface area contributed by atoms with Crippen LogP contribution < -0.4 is 10.6 Å². The molecule has 3 N–H and O–H groups in total. The molecule has 0 radical (unpaired) electrons. The minimum absolute atomic E-state index is 0.250. The topological polar surface area (TPSA) is 61.4 Å². The van der Waals surface area contributed by atoms with Gasteiger partial charge in [0.15, 0.2) is 0 Å². The number of thioether (sulfide) groups is 1. The van der Waals surface area contributed by atoms with Gasteiger partial charge in [-0.1, -0.05) is 6.07 Å². The minimum Gasteiger partial charge on any atom is -0.387 e. The number of thiophene rings is 1. The number of aliphatic hydroxyl groups is 1. The maximum atomic E-state index is 11.5. The van der Waals surface area contributed by atoms with Gasteiger partial charge in [0.1, 0.15) is 0 Å². The average Bonchev–Trinajstić information content (AvgIpc) is 2.76. The fourth-order valence-corrected chi connectivity index (χ4v) is 2.64. The van der Waals surface area contributed by atoms with Crippen molar-refractivity contribution < 1.29 is 9.90 Å². The summed E-state index contributed by atoms with van der Waals surface area (Å²) in [5.41, 5.74) is -0.861. The number of amides is 2. The number of hydrogen-bond donors (Lipinski definition) is 3. The van der Waals surface area contributed by atoms with Crippen molar-refractivity contribution in [2.75, 3.05) is 18.6 Å². The first-order valence-corrected chi connectivity index (χ1v) is 7.56. The lowest BCUT2D eigenvalue weighted by atomic mass is 10.1. The van der Waals surface area contributed by atoms with Crippen molar-refractivity contribution in [1.82, 2.24) is 10.6 Å². The highest BCUT2D eigenvalue weighted by atomic mass is 32.2. The number of hydrogen-bond acceptors (Lipinski definition) is 4. The quantitative estimate of drug-likeness (QED) is 0.739. The summed E-state index contributed by atoms with van der Waals surface area (Å²) in [6.07, 6.45) is 1.92. The average molecular weight is 274 g/mol. The van der Waals surface area contributed by atoms with Gasteiger partial charge in [-0.15, -0.1) is 11.3 Å². The molecule has 0 fully saturated rings.